The van der Waals surface area contributed by atoms with Crippen molar-refractivity contribution < 1.29 is 4.39 Å². The second kappa shape index (κ2) is 3.83. The quantitative estimate of drug-likeness (QED) is 0.616. The first-order valence-electron chi connectivity index (χ1n) is 3.46. The maximum atomic E-state index is 13.0. The number of hydrogen-bond acceptors (Lipinski definition) is 1. The van der Waals surface area contributed by atoms with Gasteiger partial charge in [-0.05, 0) is 33.4 Å². The maximum absolute atomic E-state index is 13.0. The predicted molar refractivity (Wildman–Crippen MR) is 38.3 cm³/mol. The van der Waals surface area contributed by atoms with E-state index in [2.05, 4.69) is 5.32 Å². The smallest absolute Gasteiger partial charge is 0.109 e. The van der Waals surface area contributed by atoms with Crippen LogP contribution in [0.1, 0.15) is 26.7 Å². The molecule has 0 aliphatic rings. The van der Waals surface area contributed by atoms with Crippen molar-refractivity contribution in [1.29, 1.82) is 0 Å². The van der Waals surface area contributed by atoms with E-state index in [1.165, 1.54) is 0 Å². The number of halogens is 1. The molecule has 1 nitrogen and oxygen atoms in total. The molecule has 0 heterocycles. The SMILES string of the molecule is CCC(C)(F)CCNC. The molecule has 0 saturated heterocycles. The summed E-state index contributed by atoms with van der Waals surface area (Å²) in [6, 6.07) is 0. The lowest BCUT2D eigenvalue weighted by Crippen LogP contribution is -2.22. The number of hydrogen-bond donors (Lipinski definition) is 1. The first-order valence-corrected chi connectivity index (χ1v) is 3.46. The van der Waals surface area contributed by atoms with E-state index in [-0.39, 0.29) is 0 Å². The van der Waals surface area contributed by atoms with Crippen molar-refractivity contribution >= 4 is 0 Å². The fourth-order valence-corrected chi connectivity index (χ4v) is 0.562. The maximum Gasteiger partial charge on any atom is 0.109 e. The van der Waals surface area contributed by atoms with Gasteiger partial charge in [0.1, 0.15) is 5.67 Å². The minimum Gasteiger partial charge on any atom is -0.320 e. The van der Waals surface area contributed by atoms with Gasteiger partial charge < -0.3 is 5.32 Å². The molecule has 9 heavy (non-hydrogen) atoms. The highest BCUT2D eigenvalue weighted by Gasteiger charge is 2.18. The van der Waals surface area contributed by atoms with Crippen LogP contribution in [-0.2, 0) is 0 Å². The molecular formula is C7H16FN. The molecule has 0 fully saturated rings. The van der Waals surface area contributed by atoms with Crippen LogP contribution in [0.2, 0.25) is 0 Å². The minimum absolute atomic E-state index is 0.606. The first kappa shape index (κ1) is 8.89. The summed E-state index contributed by atoms with van der Waals surface area (Å²) in [5.41, 5.74) is -0.969. The van der Waals surface area contributed by atoms with Gasteiger partial charge in [0, 0.05) is 0 Å². The van der Waals surface area contributed by atoms with Crippen LogP contribution < -0.4 is 5.32 Å². The van der Waals surface area contributed by atoms with E-state index in [9.17, 15) is 4.39 Å². The van der Waals surface area contributed by atoms with E-state index in [1.54, 1.807) is 6.92 Å². The highest BCUT2D eigenvalue weighted by atomic mass is 19.1. The lowest BCUT2D eigenvalue weighted by molar-refractivity contribution is 0.169. The van der Waals surface area contributed by atoms with Gasteiger partial charge in [0.25, 0.3) is 0 Å². The molecule has 0 aliphatic carbocycles. The van der Waals surface area contributed by atoms with E-state index < -0.39 is 5.67 Å². The molecule has 56 valence electrons. The van der Waals surface area contributed by atoms with Crippen LogP contribution in [0, 0.1) is 0 Å². The average molecular weight is 133 g/mol. The highest BCUT2D eigenvalue weighted by molar-refractivity contribution is 4.70. The monoisotopic (exact) mass is 133 g/mol. The normalized spacial score (nSPS) is 17.3. The molecule has 0 aromatic heterocycles. The number of nitrogens with one attached hydrogen (secondary N) is 1. The van der Waals surface area contributed by atoms with E-state index >= 15 is 0 Å². The van der Waals surface area contributed by atoms with E-state index in [4.69, 9.17) is 0 Å². The van der Waals surface area contributed by atoms with Crippen molar-refractivity contribution in [2.24, 2.45) is 0 Å². The topological polar surface area (TPSA) is 12.0 Å². The minimum atomic E-state index is -0.969. The summed E-state index contributed by atoms with van der Waals surface area (Å²) >= 11 is 0. The van der Waals surface area contributed by atoms with Gasteiger partial charge in [0.15, 0.2) is 0 Å². The van der Waals surface area contributed by atoms with Gasteiger partial charge in [-0.15, -0.1) is 0 Å². The van der Waals surface area contributed by atoms with Gasteiger partial charge >= 0.3 is 0 Å². The van der Waals surface area contributed by atoms with Crippen molar-refractivity contribution in [2.45, 2.75) is 32.4 Å². The molecular weight excluding hydrogens is 117 g/mol. The fraction of sp³-hybridized carbons (Fsp3) is 1.00. The third-order valence-corrected chi connectivity index (χ3v) is 1.63. The second-order valence-electron chi connectivity index (χ2n) is 2.62. The summed E-state index contributed by atoms with van der Waals surface area (Å²) < 4.78 is 13.0. The third kappa shape index (κ3) is 4.40. The van der Waals surface area contributed by atoms with Gasteiger partial charge in [-0.25, -0.2) is 4.39 Å². The number of alkyl halides is 1. The molecule has 0 aliphatic heterocycles. The van der Waals surface area contributed by atoms with Crippen molar-refractivity contribution in [3.8, 4) is 0 Å². The summed E-state index contributed by atoms with van der Waals surface area (Å²) in [4.78, 5) is 0. The molecule has 1 N–H and O–H groups in total. The van der Waals surface area contributed by atoms with Crippen LogP contribution in [0.3, 0.4) is 0 Å². The molecule has 0 rings (SSSR count). The van der Waals surface area contributed by atoms with Gasteiger partial charge in [0.05, 0.1) is 0 Å². The zero-order valence-corrected chi connectivity index (χ0v) is 6.50. The molecule has 2 heteroatoms. The van der Waals surface area contributed by atoms with Crippen LogP contribution in [0.4, 0.5) is 4.39 Å². The highest BCUT2D eigenvalue weighted by Crippen LogP contribution is 2.17. The Morgan fingerprint density at radius 2 is 2.11 bits per heavy atom. The molecule has 0 bridgehead atoms. The Hall–Kier alpha value is -0.110. The molecule has 1 unspecified atom stereocenters. The van der Waals surface area contributed by atoms with Gasteiger partial charge in [-0.1, -0.05) is 6.92 Å². The first-order chi connectivity index (χ1) is 4.12. The van der Waals surface area contributed by atoms with E-state index in [1.807, 2.05) is 14.0 Å². The molecule has 0 amide bonds. The molecule has 0 saturated carbocycles. The lowest BCUT2D eigenvalue weighted by Gasteiger charge is -2.16. The van der Waals surface area contributed by atoms with Crippen LogP contribution in [0.25, 0.3) is 0 Å². The zero-order chi connectivity index (χ0) is 7.33. The largest absolute Gasteiger partial charge is 0.320 e. The van der Waals surface area contributed by atoms with Crippen LogP contribution in [0.5, 0.6) is 0 Å². The third-order valence-electron chi connectivity index (χ3n) is 1.63. The van der Waals surface area contributed by atoms with Crippen LogP contribution in [0.15, 0.2) is 0 Å². The zero-order valence-electron chi connectivity index (χ0n) is 6.50. The van der Waals surface area contributed by atoms with Crippen LogP contribution in [-0.4, -0.2) is 19.3 Å². The Kier molecular flexibility index (Phi) is 3.78. The molecule has 0 spiro atoms. The van der Waals surface area contributed by atoms with Crippen LogP contribution >= 0.6 is 0 Å². The summed E-state index contributed by atoms with van der Waals surface area (Å²) in [7, 11) is 1.84. The molecule has 0 aromatic rings. The molecule has 1 atom stereocenters. The van der Waals surface area contributed by atoms with E-state index in [0.717, 1.165) is 6.54 Å². The van der Waals surface area contributed by atoms with Crippen molar-refractivity contribution in [2.75, 3.05) is 13.6 Å². The van der Waals surface area contributed by atoms with Crippen molar-refractivity contribution in [3.05, 3.63) is 0 Å². The standard InChI is InChI=1S/C7H16FN/c1-4-7(2,8)5-6-9-3/h9H,4-6H2,1-3H3. The Balaban J connectivity index is 3.33. The molecule has 0 aromatic carbocycles. The lowest BCUT2D eigenvalue weighted by atomic mass is 10.0. The predicted octanol–water partition coefficient (Wildman–Crippen LogP) is 1.73. The van der Waals surface area contributed by atoms with Gasteiger partial charge in [-0.3, -0.25) is 0 Å². The van der Waals surface area contributed by atoms with Gasteiger partial charge in [0.2, 0.25) is 0 Å². The van der Waals surface area contributed by atoms with Gasteiger partial charge in [-0.2, -0.15) is 0 Å². The Bertz CT molecular complexity index is 71.3. The number of rotatable bonds is 4. The Labute approximate surface area is 56.6 Å². The Morgan fingerprint density at radius 1 is 1.56 bits per heavy atom. The molecule has 0 radical (unpaired) electrons. The fourth-order valence-electron chi connectivity index (χ4n) is 0.562. The van der Waals surface area contributed by atoms with Crippen molar-refractivity contribution in [3.63, 3.8) is 0 Å². The summed E-state index contributed by atoms with van der Waals surface area (Å²) in [6.07, 6.45) is 1.22. The summed E-state index contributed by atoms with van der Waals surface area (Å²) in [5.74, 6) is 0. The van der Waals surface area contributed by atoms with Crippen molar-refractivity contribution in [1.82, 2.24) is 5.32 Å². The second-order valence-corrected chi connectivity index (χ2v) is 2.62. The average Bonchev–Trinajstić information content (AvgIpc) is 1.84. The van der Waals surface area contributed by atoms with E-state index in [0.29, 0.717) is 12.8 Å². The summed E-state index contributed by atoms with van der Waals surface area (Å²) in [5, 5.41) is 2.92. The Morgan fingerprint density at radius 3 is 2.44 bits per heavy atom. The summed E-state index contributed by atoms with van der Waals surface area (Å²) in [6.45, 7) is 4.28.